The molecule has 0 saturated carbocycles. The van der Waals surface area contributed by atoms with Crippen molar-refractivity contribution in [3.05, 3.63) is 76.6 Å². The Balaban J connectivity index is 1.68. The fraction of sp³-hybridized carbons (Fsp3) is 0.318. The zero-order valence-electron chi connectivity index (χ0n) is 16.9. The number of ether oxygens (including phenoxy) is 1. The van der Waals surface area contributed by atoms with E-state index < -0.39 is 0 Å². The van der Waals surface area contributed by atoms with Crippen LogP contribution in [0.3, 0.4) is 0 Å². The molecule has 1 amide bonds. The van der Waals surface area contributed by atoms with E-state index in [2.05, 4.69) is 14.7 Å². The molecule has 0 saturated heterocycles. The summed E-state index contributed by atoms with van der Waals surface area (Å²) in [4.78, 5) is 19.1. The average Bonchev–Trinajstić information content (AvgIpc) is 3.22. The number of carbonyl (C=O) groups is 1. The molecule has 2 aromatic carbocycles. The van der Waals surface area contributed by atoms with E-state index in [1.807, 2.05) is 59.5 Å². The lowest BCUT2D eigenvalue weighted by atomic mass is 10.1. The maximum atomic E-state index is 12.5. The van der Waals surface area contributed by atoms with Gasteiger partial charge in [-0.2, -0.15) is 4.37 Å². The predicted octanol–water partition coefficient (Wildman–Crippen LogP) is 3.94. The zero-order chi connectivity index (χ0) is 21.2. The Hall–Kier alpha value is -2.48. The summed E-state index contributed by atoms with van der Waals surface area (Å²) in [5.74, 6) is 0.687. The Bertz CT molecular complexity index is 918. The molecule has 0 aliphatic carbocycles. The summed E-state index contributed by atoms with van der Waals surface area (Å²) in [7, 11) is 1.65. The average molecular weight is 445 g/mol. The van der Waals surface area contributed by atoms with Gasteiger partial charge in [0.15, 0.2) is 0 Å². The summed E-state index contributed by atoms with van der Waals surface area (Å²) in [6.45, 7) is 2.02. The normalized spacial score (nSPS) is 10.7. The zero-order valence-corrected chi connectivity index (χ0v) is 18.5. The van der Waals surface area contributed by atoms with Gasteiger partial charge in [0.05, 0.1) is 6.54 Å². The monoisotopic (exact) mass is 444 g/mol. The van der Waals surface area contributed by atoms with Crippen LogP contribution in [0.25, 0.3) is 0 Å². The summed E-state index contributed by atoms with van der Waals surface area (Å²) >= 11 is 7.27. The number of nitrogens with one attached hydrogen (secondary N) is 1. The fourth-order valence-corrected chi connectivity index (χ4v) is 3.71. The minimum absolute atomic E-state index is 0.0449. The van der Waals surface area contributed by atoms with Gasteiger partial charge in [0, 0.05) is 49.8 Å². The van der Waals surface area contributed by atoms with Gasteiger partial charge in [0.2, 0.25) is 11.0 Å². The Morgan fingerprint density at radius 3 is 2.63 bits per heavy atom. The van der Waals surface area contributed by atoms with E-state index in [0.717, 1.165) is 28.5 Å². The van der Waals surface area contributed by atoms with E-state index in [-0.39, 0.29) is 12.5 Å². The van der Waals surface area contributed by atoms with Gasteiger partial charge >= 0.3 is 0 Å². The number of anilines is 1. The number of halogens is 1. The molecule has 6 nitrogen and oxygen atoms in total. The quantitative estimate of drug-likeness (QED) is 0.454. The summed E-state index contributed by atoms with van der Waals surface area (Å²) in [6.07, 6.45) is 1.40. The molecule has 0 aliphatic rings. The second kappa shape index (κ2) is 11.6. The van der Waals surface area contributed by atoms with E-state index in [1.54, 1.807) is 7.11 Å². The smallest absolute Gasteiger partial charge is 0.239 e. The highest BCUT2D eigenvalue weighted by atomic mass is 35.5. The molecular formula is C22H25ClN4O2S. The van der Waals surface area contributed by atoms with Gasteiger partial charge in [-0.05, 0) is 29.7 Å². The van der Waals surface area contributed by atoms with Crippen molar-refractivity contribution in [2.45, 2.75) is 19.4 Å². The second-order valence-corrected chi connectivity index (χ2v) is 8.00. The molecule has 3 aromatic rings. The van der Waals surface area contributed by atoms with Crippen LogP contribution in [-0.2, 0) is 22.5 Å². The van der Waals surface area contributed by atoms with Crippen LogP contribution in [0.15, 0.2) is 54.6 Å². The Labute approximate surface area is 186 Å². The van der Waals surface area contributed by atoms with Gasteiger partial charge in [-0.3, -0.25) is 4.79 Å². The number of benzene rings is 2. The summed E-state index contributed by atoms with van der Waals surface area (Å²) in [6, 6.07) is 17.7. The number of hydrogen-bond donors (Lipinski definition) is 1. The molecule has 1 N–H and O–H groups in total. The van der Waals surface area contributed by atoms with Crippen LogP contribution >= 0.6 is 23.1 Å². The molecule has 3 rings (SSSR count). The van der Waals surface area contributed by atoms with Crippen molar-refractivity contribution in [2.24, 2.45) is 0 Å². The van der Waals surface area contributed by atoms with Gasteiger partial charge in [-0.25, -0.2) is 4.98 Å². The molecule has 158 valence electrons. The number of rotatable bonds is 11. The van der Waals surface area contributed by atoms with Gasteiger partial charge < -0.3 is 15.0 Å². The van der Waals surface area contributed by atoms with Crippen LogP contribution in [0.5, 0.6) is 0 Å². The molecule has 1 heterocycles. The Morgan fingerprint density at radius 2 is 1.90 bits per heavy atom. The molecule has 0 fully saturated rings. The first-order valence-electron chi connectivity index (χ1n) is 9.75. The molecular weight excluding hydrogens is 420 g/mol. The van der Waals surface area contributed by atoms with E-state index in [4.69, 9.17) is 16.3 Å². The van der Waals surface area contributed by atoms with Gasteiger partial charge in [0.1, 0.15) is 5.82 Å². The lowest BCUT2D eigenvalue weighted by Crippen LogP contribution is -2.37. The molecule has 0 radical (unpaired) electrons. The molecule has 30 heavy (non-hydrogen) atoms. The van der Waals surface area contributed by atoms with Crippen LogP contribution in [-0.4, -0.2) is 42.1 Å². The summed E-state index contributed by atoms with van der Waals surface area (Å²) < 4.78 is 9.52. The number of methoxy groups -OCH3 is 1. The van der Waals surface area contributed by atoms with Crippen LogP contribution in [0.1, 0.15) is 23.4 Å². The van der Waals surface area contributed by atoms with Crippen LogP contribution in [0.2, 0.25) is 5.02 Å². The third-order valence-electron chi connectivity index (χ3n) is 4.40. The minimum Gasteiger partial charge on any atom is -0.385 e. The van der Waals surface area contributed by atoms with Crippen molar-refractivity contribution < 1.29 is 9.53 Å². The molecule has 0 bridgehead atoms. The number of hydrogen-bond acceptors (Lipinski definition) is 6. The maximum absolute atomic E-state index is 12.5. The van der Waals surface area contributed by atoms with Crippen LogP contribution < -0.4 is 10.2 Å². The van der Waals surface area contributed by atoms with Crippen molar-refractivity contribution >= 4 is 34.2 Å². The van der Waals surface area contributed by atoms with Crippen molar-refractivity contribution in [2.75, 3.05) is 31.7 Å². The number of aromatic nitrogens is 2. The molecule has 0 aliphatic heterocycles. The second-order valence-electron chi connectivity index (χ2n) is 6.83. The standard InChI is InChI=1S/C22H25ClN4O2S/c1-29-13-5-12-24-21(28)16-27(15-18-6-3-2-4-7-18)22-25-20(26-30-22)14-17-8-10-19(23)11-9-17/h2-4,6-11H,5,12-16H2,1H3,(H,24,28). The minimum atomic E-state index is -0.0449. The third-order valence-corrected chi connectivity index (χ3v) is 5.47. The van der Waals surface area contributed by atoms with Gasteiger partial charge in [-0.15, -0.1) is 0 Å². The number of carbonyl (C=O) groups excluding carboxylic acids is 1. The first-order valence-corrected chi connectivity index (χ1v) is 10.9. The SMILES string of the molecule is COCCCNC(=O)CN(Cc1ccccc1)c1nc(Cc2ccc(Cl)cc2)ns1. The Morgan fingerprint density at radius 1 is 1.13 bits per heavy atom. The maximum Gasteiger partial charge on any atom is 0.239 e. The third kappa shape index (κ3) is 7.09. The summed E-state index contributed by atoms with van der Waals surface area (Å²) in [5.41, 5.74) is 2.20. The fourth-order valence-electron chi connectivity index (χ4n) is 2.90. The molecule has 1 aromatic heterocycles. The first kappa shape index (κ1) is 22.2. The van der Waals surface area contributed by atoms with E-state index >= 15 is 0 Å². The van der Waals surface area contributed by atoms with Crippen molar-refractivity contribution in [3.8, 4) is 0 Å². The van der Waals surface area contributed by atoms with E-state index in [9.17, 15) is 4.79 Å². The topological polar surface area (TPSA) is 67.3 Å². The molecule has 0 spiro atoms. The highest BCUT2D eigenvalue weighted by Gasteiger charge is 2.17. The lowest BCUT2D eigenvalue weighted by Gasteiger charge is -2.21. The molecule has 0 atom stereocenters. The Kier molecular flexibility index (Phi) is 8.62. The van der Waals surface area contributed by atoms with Crippen molar-refractivity contribution in [1.29, 1.82) is 0 Å². The van der Waals surface area contributed by atoms with Gasteiger partial charge in [0.25, 0.3) is 0 Å². The largest absolute Gasteiger partial charge is 0.385 e. The molecule has 0 unspecified atom stereocenters. The predicted molar refractivity (Wildman–Crippen MR) is 121 cm³/mol. The van der Waals surface area contributed by atoms with Crippen molar-refractivity contribution in [1.82, 2.24) is 14.7 Å². The highest BCUT2D eigenvalue weighted by Crippen LogP contribution is 2.21. The highest BCUT2D eigenvalue weighted by molar-refractivity contribution is 7.09. The number of amides is 1. The van der Waals surface area contributed by atoms with Gasteiger partial charge in [-0.1, -0.05) is 54.1 Å². The van der Waals surface area contributed by atoms with Crippen LogP contribution in [0, 0.1) is 0 Å². The number of nitrogens with zero attached hydrogens (tertiary/aromatic N) is 3. The van der Waals surface area contributed by atoms with E-state index in [1.165, 1.54) is 11.5 Å². The molecule has 8 heteroatoms. The van der Waals surface area contributed by atoms with Crippen molar-refractivity contribution in [3.63, 3.8) is 0 Å². The first-order chi connectivity index (χ1) is 14.6. The van der Waals surface area contributed by atoms with E-state index in [0.29, 0.717) is 31.1 Å². The summed E-state index contributed by atoms with van der Waals surface area (Å²) in [5, 5.41) is 4.37. The lowest BCUT2D eigenvalue weighted by molar-refractivity contribution is -0.119. The van der Waals surface area contributed by atoms with Crippen LogP contribution in [0.4, 0.5) is 5.13 Å².